The molecule has 1 N–H and O–H groups in total. The van der Waals surface area contributed by atoms with E-state index in [1.165, 1.54) is 0 Å². The van der Waals surface area contributed by atoms with Gasteiger partial charge in [0.15, 0.2) is 0 Å². The van der Waals surface area contributed by atoms with Crippen LogP contribution in [0.3, 0.4) is 0 Å². The van der Waals surface area contributed by atoms with Crippen LogP contribution >= 0.6 is 22.9 Å². The molecule has 0 aliphatic carbocycles. The Balaban J connectivity index is 1.88. The molecule has 0 bridgehead atoms. The van der Waals surface area contributed by atoms with Crippen LogP contribution in [0.2, 0.25) is 5.28 Å². The lowest BCUT2D eigenvalue weighted by molar-refractivity contribution is 0.414. The van der Waals surface area contributed by atoms with Crippen molar-refractivity contribution in [2.75, 3.05) is 12.4 Å². The van der Waals surface area contributed by atoms with Gasteiger partial charge in [-0.25, -0.2) is 9.97 Å². The van der Waals surface area contributed by atoms with Gasteiger partial charge in [-0.05, 0) is 47.7 Å². The first kappa shape index (κ1) is 14.1. The van der Waals surface area contributed by atoms with Gasteiger partial charge in [0.1, 0.15) is 16.4 Å². The average Bonchev–Trinajstić information content (AvgIpc) is 2.95. The summed E-state index contributed by atoms with van der Waals surface area (Å²) in [6.07, 6.45) is 0. The summed E-state index contributed by atoms with van der Waals surface area (Å²) in [7, 11) is 1.66. The van der Waals surface area contributed by atoms with E-state index in [1.54, 1.807) is 18.4 Å². The fraction of sp³-hybridized carbons (Fsp3) is 0.200. The van der Waals surface area contributed by atoms with E-state index in [2.05, 4.69) is 22.2 Å². The maximum atomic E-state index is 5.98. The number of rotatable bonds is 4. The van der Waals surface area contributed by atoms with Crippen molar-refractivity contribution in [2.45, 2.75) is 13.0 Å². The maximum Gasteiger partial charge on any atom is 0.225 e. The van der Waals surface area contributed by atoms with Crippen molar-refractivity contribution >= 4 is 39.0 Å². The summed E-state index contributed by atoms with van der Waals surface area (Å²) >= 11 is 7.53. The number of hydrogen-bond acceptors (Lipinski definition) is 5. The molecule has 2 heterocycles. The van der Waals surface area contributed by atoms with Gasteiger partial charge < -0.3 is 10.1 Å². The van der Waals surface area contributed by atoms with Crippen LogP contribution in [-0.2, 0) is 0 Å². The van der Waals surface area contributed by atoms with Gasteiger partial charge in [-0.2, -0.15) is 0 Å². The summed E-state index contributed by atoms with van der Waals surface area (Å²) in [5.74, 6) is 1.60. The summed E-state index contributed by atoms with van der Waals surface area (Å²) in [6.45, 7) is 2.08. The molecule has 1 atom stereocenters. The average molecular weight is 320 g/mol. The molecule has 1 unspecified atom stereocenters. The number of ether oxygens (including phenoxy) is 1. The number of hydrogen-bond donors (Lipinski definition) is 1. The van der Waals surface area contributed by atoms with Crippen molar-refractivity contribution < 1.29 is 4.74 Å². The zero-order valence-electron chi connectivity index (χ0n) is 11.6. The molecule has 0 aliphatic rings. The largest absolute Gasteiger partial charge is 0.497 e. The van der Waals surface area contributed by atoms with Gasteiger partial charge in [0.2, 0.25) is 5.28 Å². The second-order valence-corrected chi connectivity index (χ2v) is 5.85. The first-order valence-corrected chi connectivity index (χ1v) is 7.74. The van der Waals surface area contributed by atoms with Gasteiger partial charge in [0.25, 0.3) is 0 Å². The highest BCUT2D eigenvalue weighted by atomic mass is 35.5. The summed E-state index contributed by atoms with van der Waals surface area (Å²) in [6, 6.07) is 10.1. The van der Waals surface area contributed by atoms with Crippen LogP contribution in [0.1, 0.15) is 18.5 Å². The minimum Gasteiger partial charge on any atom is -0.497 e. The van der Waals surface area contributed by atoms with Crippen molar-refractivity contribution in [3.63, 3.8) is 0 Å². The lowest BCUT2D eigenvalue weighted by atomic mass is 10.1. The molecule has 108 valence electrons. The van der Waals surface area contributed by atoms with Gasteiger partial charge in [-0.1, -0.05) is 12.1 Å². The highest BCUT2D eigenvalue weighted by Gasteiger charge is 2.12. The molecule has 21 heavy (non-hydrogen) atoms. The molecule has 0 aliphatic heterocycles. The summed E-state index contributed by atoms with van der Waals surface area (Å²) in [5.41, 5.74) is 1.15. The van der Waals surface area contributed by atoms with Gasteiger partial charge in [0.05, 0.1) is 12.5 Å². The molecule has 0 saturated heterocycles. The topological polar surface area (TPSA) is 47.0 Å². The molecule has 0 spiro atoms. The highest BCUT2D eigenvalue weighted by molar-refractivity contribution is 7.16. The third-order valence-corrected chi connectivity index (χ3v) is 4.24. The van der Waals surface area contributed by atoms with E-state index in [0.717, 1.165) is 27.3 Å². The number of methoxy groups -OCH3 is 1. The highest BCUT2D eigenvalue weighted by Crippen LogP contribution is 2.29. The Morgan fingerprint density at radius 3 is 2.67 bits per heavy atom. The minimum atomic E-state index is 0.102. The Hall–Kier alpha value is -1.85. The molecule has 0 radical (unpaired) electrons. The first-order chi connectivity index (χ1) is 10.2. The molecule has 4 nitrogen and oxygen atoms in total. The Morgan fingerprint density at radius 1 is 1.19 bits per heavy atom. The molecular weight excluding hydrogens is 306 g/mol. The Morgan fingerprint density at radius 2 is 1.95 bits per heavy atom. The van der Waals surface area contributed by atoms with Crippen molar-refractivity contribution in [3.8, 4) is 5.75 Å². The summed E-state index contributed by atoms with van der Waals surface area (Å²) in [4.78, 5) is 9.40. The molecule has 0 amide bonds. The van der Waals surface area contributed by atoms with Crippen LogP contribution in [0.25, 0.3) is 10.2 Å². The molecule has 0 fully saturated rings. The van der Waals surface area contributed by atoms with E-state index in [1.807, 2.05) is 35.7 Å². The Labute approximate surface area is 131 Å². The van der Waals surface area contributed by atoms with Gasteiger partial charge >= 0.3 is 0 Å². The molecule has 1 aromatic carbocycles. The second-order valence-electron chi connectivity index (χ2n) is 4.62. The van der Waals surface area contributed by atoms with Crippen LogP contribution < -0.4 is 10.1 Å². The van der Waals surface area contributed by atoms with Crippen LogP contribution in [0.15, 0.2) is 35.7 Å². The van der Waals surface area contributed by atoms with Crippen LogP contribution in [0, 0.1) is 0 Å². The number of benzene rings is 1. The lowest BCUT2D eigenvalue weighted by Crippen LogP contribution is -2.08. The summed E-state index contributed by atoms with van der Waals surface area (Å²) in [5, 5.41) is 6.63. The Kier molecular flexibility index (Phi) is 3.94. The van der Waals surface area contributed by atoms with Crippen LogP contribution in [0.5, 0.6) is 5.75 Å². The van der Waals surface area contributed by atoms with Crippen molar-refractivity contribution in [1.82, 2.24) is 9.97 Å². The normalized spacial score (nSPS) is 12.3. The number of nitrogens with one attached hydrogen (secondary N) is 1. The number of nitrogens with zero attached hydrogens (tertiary/aromatic N) is 2. The van der Waals surface area contributed by atoms with Crippen molar-refractivity contribution in [1.29, 1.82) is 0 Å². The van der Waals surface area contributed by atoms with Crippen molar-refractivity contribution in [3.05, 3.63) is 46.6 Å². The number of thiophene rings is 1. The minimum absolute atomic E-state index is 0.102. The van der Waals surface area contributed by atoms with E-state index < -0.39 is 0 Å². The van der Waals surface area contributed by atoms with E-state index >= 15 is 0 Å². The molecule has 2 aromatic heterocycles. The predicted molar refractivity (Wildman–Crippen MR) is 87.5 cm³/mol. The van der Waals surface area contributed by atoms with Crippen LogP contribution in [0.4, 0.5) is 5.82 Å². The monoisotopic (exact) mass is 319 g/mol. The van der Waals surface area contributed by atoms with E-state index in [-0.39, 0.29) is 11.3 Å². The third kappa shape index (κ3) is 2.94. The SMILES string of the molecule is COc1ccc(C(C)Nc2nc(Cl)nc3sccc23)cc1. The molecule has 0 saturated carbocycles. The maximum absolute atomic E-state index is 5.98. The number of aromatic nitrogens is 2. The predicted octanol–water partition coefficient (Wildman–Crippen LogP) is 4.53. The van der Waals surface area contributed by atoms with E-state index in [9.17, 15) is 0 Å². The number of fused-ring (bicyclic) bond motifs is 1. The van der Waals surface area contributed by atoms with Crippen LogP contribution in [-0.4, -0.2) is 17.1 Å². The first-order valence-electron chi connectivity index (χ1n) is 6.48. The second kappa shape index (κ2) is 5.87. The number of halogens is 1. The molecule has 3 aromatic rings. The fourth-order valence-electron chi connectivity index (χ4n) is 2.12. The smallest absolute Gasteiger partial charge is 0.225 e. The standard InChI is InChI=1S/C15H14ClN3OS/c1-9(10-3-5-11(20-2)6-4-10)17-13-12-7-8-21-14(12)19-15(16)18-13/h3-9H,1-2H3,(H,17,18,19). The van der Waals surface area contributed by atoms with Crippen molar-refractivity contribution in [2.24, 2.45) is 0 Å². The quantitative estimate of drug-likeness (QED) is 0.718. The zero-order chi connectivity index (χ0) is 14.8. The molecule has 6 heteroatoms. The van der Waals surface area contributed by atoms with Gasteiger partial charge in [-0.3, -0.25) is 0 Å². The zero-order valence-corrected chi connectivity index (χ0v) is 13.2. The van der Waals surface area contributed by atoms with E-state index in [0.29, 0.717) is 0 Å². The number of anilines is 1. The van der Waals surface area contributed by atoms with E-state index in [4.69, 9.17) is 16.3 Å². The fourth-order valence-corrected chi connectivity index (χ4v) is 3.10. The third-order valence-electron chi connectivity index (χ3n) is 3.27. The lowest BCUT2D eigenvalue weighted by Gasteiger charge is -2.16. The van der Waals surface area contributed by atoms with Gasteiger partial charge in [-0.15, -0.1) is 11.3 Å². The summed E-state index contributed by atoms with van der Waals surface area (Å²) < 4.78 is 5.17. The Bertz CT molecular complexity index is 757. The molecule has 3 rings (SSSR count). The molecular formula is C15H14ClN3OS. The van der Waals surface area contributed by atoms with Gasteiger partial charge in [0, 0.05) is 6.04 Å².